The maximum atomic E-state index is 5.77. The molecule has 100 valence electrons. The average molecular weight is 250 g/mol. The molecular weight excluding hydrogens is 228 g/mol. The van der Waals surface area contributed by atoms with Gasteiger partial charge in [-0.1, -0.05) is 0 Å². The van der Waals surface area contributed by atoms with Crippen molar-refractivity contribution >= 4 is 5.69 Å². The molecule has 0 aliphatic carbocycles. The standard InChI is InChI=1S/C13H22N4O/c1-13(2,3)17-6-4-11(5-7-17)18-12-15-8-10(14)9-16-12/h8-9,11H,4-7,14H2,1-3H3. The zero-order valence-corrected chi connectivity index (χ0v) is 11.4. The van der Waals surface area contributed by atoms with E-state index in [9.17, 15) is 0 Å². The third kappa shape index (κ3) is 3.32. The Morgan fingerprint density at radius 1 is 1.22 bits per heavy atom. The van der Waals surface area contributed by atoms with Gasteiger partial charge in [0.05, 0.1) is 18.1 Å². The number of nitrogens with zero attached hydrogens (tertiary/aromatic N) is 3. The molecule has 2 rings (SSSR count). The van der Waals surface area contributed by atoms with E-state index in [0.717, 1.165) is 25.9 Å². The van der Waals surface area contributed by atoms with Crippen LogP contribution in [0.5, 0.6) is 6.01 Å². The molecule has 18 heavy (non-hydrogen) atoms. The number of anilines is 1. The number of aromatic nitrogens is 2. The van der Waals surface area contributed by atoms with Gasteiger partial charge >= 0.3 is 6.01 Å². The quantitative estimate of drug-likeness (QED) is 0.865. The van der Waals surface area contributed by atoms with Crippen LogP contribution in [0.3, 0.4) is 0 Å². The lowest BCUT2D eigenvalue weighted by Gasteiger charge is -2.40. The van der Waals surface area contributed by atoms with E-state index in [-0.39, 0.29) is 11.6 Å². The third-order valence-corrected chi connectivity index (χ3v) is 3.31. The van der Waals surface area contributed by atoms with Crippen LogP contribution in [-0.4, -0.2) is 39.6 Å². The highest BCUT2D eigenvalue weighted by Gasteiger charge is 2.27. The number of piperidine rings is 1. The molecule has 0 unspecified atom stereocenters. The van der Waals surface area contributed by atoms with E-state index in [1.807, 2.05) is 0 Å². The van der Waals surface area contributed by atoms with Gasteiger partial charge in [0.15, 0.2) is 0 Å². The summed E-state index contributed by atoms with van der Waals surface area (Å²) >= 11 is 0. The Balaban J connectivity index is 1.85. The molecule has 0 spiro atoms. The molecule has 0 aromatic carbocycles. The van der Waals surface area contributed by atoms with Crippen molar-refractivity contribution in [2.24, 2.45) is 0 Å². The highest BCUT2D eigenvalue weighted by molar-refractivity contribution is 5.30. The average Bonchev–Trinajstić information content (AvgIpc) is 2.32. The van der Waals surface area contributed by atoms with Crippen molar-refractivity contribution in [1.82, 2.24) is 14.9 Å². The van der Waals surface area contributed by atoms with Gasteiger partial charge in [-0.15, -0.1) is 0 Å². The maximum Gasteiger partial charge on any atom is 0.316 e. The summed E-state index contributed by atoms with van der Waals surface area (Å²) in [5.41, 5.74) is 6.34. The summed E-state index contributed by atoms with van der Waals surface area (Å²) in [6.45, 7) is 8.86. The molecule has 1 aromatic rings. The summed E-state index contributed by atoms with van der Waals surface area (Å²) in [4.78, 5) is 10.6. The summed E-state index contributed by atoms with van der Waals surface area (Å²) in [5.74, 6) is 0. The molecule has 0 saturated carbocycles. The van der Waals surface area contributed by atoms with E-state index in [2.05, 4.69) is 35.6 Å². The first-order valence-electron chi connectivity index (χ1n) is 6.44. The molecule has 5 heteroatoms. The predicted octanol–water partition coefficient (Wildman–Crippen LogP) is 1.70. The summed E-state index contributed by atoms with van der Waals surface area (Å²) in [6.07, 6.45) is 5.40. The molecule has 1 aromatic heterocycles. The lowest BCUT2D eigenvalue weighted by molar-refractivity contribution is 0.0451. The lowest BCUT2D eigenvalue weighted by Crippen LogP contribution is -2.48. The van der Waals surface area contributed by atoms with Crippen molar-refractivity contribution in [1.29, 1.82) is 0 Å². The van der Waals surface area contributed by atoms with Crippen LogP contribution in [0.25, 0.3) is 0 Å². The van der Waals surface area contributed by atoms with Crippen molar-refractivity contribution in [3.63, 3.8) is 0 Å². The molecule has 1 aliphatic heterocycles. The first-order valence-corrected chi connectivity index (χ1v) is 6.44. The fourth-order valence-corrected chi connectivity index (χ4v) is 2.18. The predicted molar refractivity (Wildman–Crippen MR) is 71.4 cm³/mol. The van der Waals surface area contributed by atoms with E-state index >= 15 is 0 Å². The van der Waals surface area contributed by atoms with Gasteiger partial charge < -0.3 is 10.5 Å². The zero-order chi connectivity index (χ0) is 13.2. The minimum Gasteiger partial charge on any atom is -0.460 e. The Bertz CT molecular complexity index is 377. The highest BCUT2D eigenvalue weighted by Crippen LogP contribution is 2.22. The van der Waals surface area contributed by atoms with Crippen molar-refractivity contribution in [3.05, 3.63) is 12.4 Å². The van der Waals surface area contributed by atoms with E-state index < -0.39 is 0 Å². The highest BCUT2D eigenvalue weighted by atomic mass is 16.5. The van der Waals surface area contributed by atoms with E-state index in [1.165, 1.54) is 0 Å². The zero-order valence-electron chi connectivity index (χ0n) is 11.4. The Labute approximate surface area is 108 Å². The molecule has 2 heterocycles. The Hall–Kier alpha value is -1.36. The van der Waals surface area contributed by atoms with Crippen LogP contribution in [0.2, 0.25) is 0 Å². The second-order valence-electron chi connectivity index (χ2n) is 5.77. The van der Waals surface area contributed by atoms with Crippen LogP contribution < -0.4 is 10.5 Å². The fraction of sp³-hybridized carbons (Fsp3) is 0.692. The van der Waals surface area contributed by atoms with Gasteiger partial charge in [0.2, 0.25) is 0 Å². The van der Waals surface area contributed by atoms with Gasteiger partial charge in [0.25, 0.3) is 0 Å². The molecule has 2 N–H and O–H groups in total. The lowest BCUT2D eigenvalue weighted by atomic mass is 9.99. The number of rotatable bonds is 2. The first kappa shape index (κ1) is 13.1. The number of likely N-dealkylation sites (tertiary alicyclic amines) is 1. The summed E-state index contributed by atoms with van der Waals surface area (Å²) < 4.78 is 5.77. The second kappa shape index (κ2) is 5.10. The summed E-state index contributed by atoms with van der Waals surface area (Å²) in [7, 11) is 0. The first-order chi connectivity index (χ1) is 8.45. The molecular formula is C13H22N4O. The minimum absolute atomic E-state index is 0.215. The van der Waals surface area contributed by atoms with E-state index in [0.29, 0.717) is 11.7 Å². The summed E-state index contributed by atoms with van der Waals surface area (Å²) in [6, 6.07) is 0.429. The van der Waals surface area contributed by atoms with Crippen LogP contribution >= 0.6 is 0 Å². The van der Waals surface area contributed by atoms with Crippen LogP contribution in [0.4, 0.5) is 5.69 Å². The molecule has 1 fully saturated rings. The largest absolute Gasteiger partial charge is 0.460 e. The minimum atomic E-state index is 0.215. The van der Waals surface area contributed by atoms with Crippen molar-refractivity contribution < 1.29 is 4.74 Å². The van der Waals surface area contributed by atoms with Crippen LogP contribution in [0, 0.1) is 0 Å². The Kier molecular flexibility index (Phi) is 3.71. The topological polar surface area (TPSA) is 64.3 Å². The van der Waals surface area contributed by atoms with Gasteiger partial charge in [-0.05, 0) is 33.6 Å². The number of nitrogens with two attached hydrogens (primary N) is 1. The smallest absolute Gasteiger partial charge is 0.316 e. The van der Waals surface area contributed by atoms with Crippen LogP contribution in [0.15, 0.2) is 12.4 Å². The van der Waals surface area contributed by atoms with Gasteiger partial charge in [0, 0.05) is 18.6 Å². The van der Waals surface area contributed by atoms with Crippen molar-refractivity contribution in [2.45, 2.75) is 45.3 Å². The monoisotopic (exact) mass is 250 g/mol. The van der Waals surface area contributed by atoms with Gasteiger partial charge in [0.1, 0.15) is 6.10 Å². The fourth-order valence-electron chi connectivity index (χ4n) is 2.18. The number of hydrogen-bond donors (Lipinski definition) is 1. The number of ether oxygens (including phenoxy) is 1. The van der Waals surface area contributed by atoms with Gasteiger partial charge in [-0.3, -0.25) is 4.90 Å². The van der Waals surface area contributed by atoms with Crippen molar-refractivity contribution in [3.8, 4) is 6.01 Å². The van der Waals surface area contributed by atoms with E-state index in [4.69, 9.17) is 10.5 Å². The van der Waals surface area contributed by atoms with Gasteiger partial charge in [-0.25, -0.2) is 9.97 Å². The molecule has 1 saturated heterocycles. The summed E-state index contributed by atoms with van der Waals surface area (Å²) in [5, 5.41) is 0. The molecule has 1 aliphatic rings. The van der Waals surface area contributed by atoms with Crippen LogP contribution in [-0.2, 0) is 0 Å². The number of nitrogen functional groups attached to an aromatic ring is 1. The Morgan fingerprint density at radius 2 is 1.78 bits per heavy atom. The van der Waals surface area contributed by atoms with Gasteiger partial charge in [-0.2, -0.15) is 0 Å². The van der Waals surface area contributed by atoms with Crippen LogP contribution in [0.1, 0.15) is 33.6 Å². The molecule has 5 nitrogen and oxygen atoms in total. The van der Waals surface area contributed by atoms with Crippen molar-refractivity contribution in [2.75, 3.05) is 18.8 Å². The SMILES string of the molecule is CC(C)(C)N1CCC(Oc2ncc(N)cn2)CC1. The third-order valence-electron chi connectivity index (χ3n) is 3.31. The molecule has 0 atom stereocenters. The molecule has 0 amide bonds. The maximum absolute atomic E-state index is 5.77. The molecule has 0 bridgehead atoms. The molecule has 0 radical (unpaired) electrons. The Morgan fingerprint density at radius 3 is 2.28 bits per heavy atom. The van der Waals surface area contributed by atoms with E-state index in [1.54, 1.807) is 12.4 Å². The number of hydrogen-bond acceptors (Lipinski definition) is 5. The normalized spacial score (nSPS) is 18.8. The second-order valence-corrected chi connectivity index (χ2v) is 5.77.